The Bertz CT molecular complexity index is 1040. The number of rotatable bonds is 6. The Hall–Kier alpha value is -2.18. The van der Waals surface area contributed by atoms with Gasteiger partial charge in [0.2, 0.25) is 15.9 Å². The molecule has 6 heteroatoms. The molecular formula is C26H36N2O3S. The van der Waals surface area contributed by atoms with Gasteiger partial charge in [-0.1, -0.05) is 50.2 Å². The summed E-state index contributed by atoms with van der Waals surface area (Å²) in [6.45, 7) is 13.4. The topological polar surface area (TPSA) is 57.7 Å². The summed E-state index contributed by atoms with van der Waals surface area (Å²) < 4.78 is 28.6. The zero-order valence-corrected chi connectivity index (χ0v) is 21.0. The number of piperazine rings is 1. The van der Waals surface area contributed by atoms with Crippen molar-refractivity contribution in [3.63, 3.8) is 0 Å². The van der Waals surface area contributed by atoms with Gasteiger partial charge >= 0.3 is 0 Å². The molecule has 0 spiro atoms. The SMILES string of the molecule is Cc1cc(C)c(C)c(S(=O)(=O)N2CCN(C(=O)C(CC(C)C)c3ccccc3)CC2)c1C. The van der Waals surface area contributed by atoms with Gasteiger partial charge in [-0.05, 0) is 67.9 Å². The van der Waals surface area contributed by atoms with Gasteiger partial charge in [0, 0.05) is 26.2 Å². The second kappa shape index (κ2) is 9.75. The molecule has 1 heterocycles. The van der Waals surface area contributed by atoms with Crippen LogP contribution in [0.4, 0.5) is 0 Å². The third-order valence-electron chi connectivity index (χ3n) is 6.65. The van der Waals surface area contributed by atoms with Crippen molar-refractivity contribution in [1.29, 1.82) is 0 Å². The summed E-state index contributed by atoms with van der Waals surface area (Å²) in [6.07, 6.45) is 0.780. The predicted octanol–water partition coefficient (Wildman–Crippen LogP) is 4.58. The van der Waals surface area contributed by atoms with Crippen molar-refractivity contribution in [3.8, 4) is 0 Å². The first-order valence-corrected chi connectivity index (χ1v) is 12.9. The van der Waals surface area contributed by atoms with Crippen molar-refractivity contribution in [1.82, 2.24) is 9.21 Å². The van der Waals surface area contributed by atoms with E-state index in [1.54, 1.807) is 4.31 Å². The lowest BCUT2D eigenvalue weighted by Crippen LogP contribution is -2.51. The number of nitrogens with zero attached hydrogens (tertiary/aromatic N) is 2. The first-order chi connectivity index (χ1) is 15.0. The quantitative estimate of drug-likeness (QED) is 0.639. The van der Waals surface area contributed by atoms with Gasteiger partial charge in [0.15, 0.2) is 0 Å². The lowest BCUT2D eigenvalue weighted by molar-refractivity contribution is -0.134. The minimum absolute atomic E-state index is 0.0979. The predicted molar refractivity (Wildman–Crippen MR) is 129 cm³/mol. The fraction of sp³-hybridized carbons (Fsp3) is 0.500. The number of sulfonamides is 1. The highest BCUT2D eigenvalue weighted by molar-refractivity contribution is 7.89. The third-order valence-corrected chi connectivity index (χ3v) is 8.83. The molecule has 1 aliphatic rings. The van der Waals surface area contributed by atoms with E-state index in [1.807, 2.05) is 69.0 Å². The van der Waals surface area contributed by atoms with Crippen LogP contribution in [0.25, 0.3) is 0 Å². The highest BCUT2D eigenvalue weighted by atomic mass is 32.2. The van der Waals surface area contributed by atoms with Crippen LogP contribution in [-0.2, 0) is 14.8 Å². The number of aryl methyl sites for hydroxylation is 2. The summed E-state index contributed by atoms with van der Waals surface area (Å²) in [5.74, 6) is 0.297. The number of benzene rings is 2. The lowest BCUT2D eigenvalue weighted by Gasteiger charge is -2.36. The summed E-state index contributed by atoms with van der Waals surface area (Å²) in [5, 5.41) is 0. The minimum atomic E-state index is -3.61. The van der Waals surface area contributed by atoms with Crippen molar-refractivity contribution in [2.45, 2.75) is 58.8 Å². The molecule has 3 rings (SSSR count). The number of carbonyl (C=O) groups is 1. The number of hydrogen-bond donors (Lipinski definition) is 0. The summed E-state index contributed by atoms with van der Waals surface area (Å²) in [4.78, 5) is 15.7. The molecule has 0 aromatic heterocycles. The van der Waals surface area contributed by atoms with E-state index in [9.17, 15) is 13.2 Å². The van der Waals surface area contributed by atoms with Crippen molar-refractivity contribution < 1.29 is 13.2 Å². The maximum atomic E-state index is 13.5. The maximum absolute atomic E-state index is 13.5. The smallest absolute Gasteiger partial charge is 0.243 e. The fourth-order valence-electron chi connectivity index (χ4n) is 4.60. The standard InChI is InChI=1S/C26H36N2O3S/c1-18(2)16-24(23-10-8-7-9-11-23)26(29)27-12-14-28(15-13-27)32(30,31)25-21(5)19(3)17-20(4)22(25)6/h7-11,17-18,24H,12-16H2,1-6H3. The molecule has 0 saturated carbocycles. The van der Waals surface area contributed by atoms with E-state index in [-0.39, 0.29) is 11.8 Å². The number of carbonyl (C=O) groups excluding carboxylic acids is 1. The van der Waals surface area contributed by atoms with Gasteiger partial charge in [-0.3, -0.25) is 4.79 Å². The molecule has 0 N–H and O–H groups in total. The normalized spacial score (nSPS) is 16.4. The Kier molecular flexibility index (Phi) is 7.46. The Labute approximate surface area is 193 Å². The molecule has 1 saturated heterocycles. The summed E-state index contributed by atoms with van der Waals surface area (Å²) in [7, 11) is -3.61. The zero-order valence-electron chi connectivity index (χ0n) is 20.2. The Balaban J connectivity index is 1.79. The molecule has 1 unspecified atom stereocenters. The van der Waals surface area contributed by atoms with Gasteiger partial charge < -0.3 is 4.90 Å². The summed E-state index contributed by atoms with van der Waals surface area (Å²) in [6, 6.07) is 12.0. The van der Waals surface area contributed by atoms with Gasteiger partial charge in [0.25, 0.3) is 0 Å². The van der Waals surface area contributed by atoms with Gasteiger partial charge in [0.05, 0.1) is 10.8 Å². The monoisotopic (exact) mass is 456 g/mol. The first kappa shape index (κ1) is 24.5. The number of hydrogen-bond acceptors (Lipinski definition) is 3. The second-order valence-electron chi connectivity index (χ2n) is 9.41. The van der Waals surface area contributed by atoms with Crippen molar-refractivity contribution >= 4 is 15.9 Å². The van der Waals surface area contributed by atoms with Crippen LogP contribution in [0.15, 0.2) is 41.3 Å². The Morgan fingerprint density at radius 3 is 1.94 bits per heavy atom. The summed E-state index contributed by atoms with van der Waals surface area (Å²) >= 11 is 0. The minimum Gasteiger partial charge on any atom is -0.340 e. The van der Waals surface area contributed by atoms with Crippen LogP contribution < -0.4 is 0 Å². The average molecular weight is 457 g/mol. The molecule has 1 aliphatic heterocycles. The van der Waals surface area contributed by atoms with Crippen LogP contribution in [0.2, 0.25) is 0 Å². The van der Waals surface area contributed by atoms with Crippen LogP contribution in [0.3, 0.4) is 0 Å². The van der Waals surface area contributed by atoms with Gasteiger partial charge in [-0.25, -0.2) is 8.42 Å². The van der Waals surface area contributed by atoms with E-state index < -0.39 is 10.0 Å². The molecule has 2 aromatic rings. The van der Waals surface area contributed by atoms with E-state index in [0.717, 1.165) is 34.2 Å². The summed E-state index contributed by atoms with van der Waals surface area (Å²) in [5.41, 5.74) is 4.63. The van der Waals surface area contributed by atoms with Crippen LogP contribution in [-0.4, -0.2) is 49.7 Å². The zero-order chi connectivity index (χ0) is 23.6. The highest BCUT2D eigenvalue weighted by Gasteiger charge is 2.35. The van der Waals surface area contributed by atoms with Crippen LogP contribution in [0.1, 0.15) is 54.0 Å². The van der Waals surface area contributed by atoms with Crippen LogP contribution in [0.5, 0.6) is 0 Å². The van der Waals surface area contributed by atoms with E-state index in [0.29, 0.717) is 37.0 Å². The fourth-order valence-corrected chi connectivity index (χ4v) is 6.60. The molecule has 2 aromatic carbocycles. The Morgan fingerprint density at radius 2 is 1.44 bits per heavy atom. The average Bonchev–Trinajstić information content (AvgIpc) is 2.76. The van der Waals surface area contributed by atoms with Crippen molar-refractivity contribution in [2.75, 3.05) is 26.2 Å². The van der Waals surface area contributed by atoms with E-state index in [2.05, 4.69) is 13.8 Å². The van der Waals surface area contributed by atoms with Crippen molar-refractivity contribution in [2.24, 2.45) is 5.92 Å². The Morgan fingerprint density at radius 1 is 0.906 bits per heavy atom. The van der Waals surface area contributed by atoms with Gasteiger partial charge in [-0.15, -0.1) is 0 Å². The second-order valence-corrected chi connectivity index (χ2v) is 11.3. The van der Waals surface area contributed by atoms with E-state index in [4.69, 9.17) is 0 Å². The van der Waals surface area contributed by atoms with Crippen molar-refractivity contribution in [3.05, 3.63) is 64.2 Å². The van der Waals surface area contributed by atoms with E-state index >= 15 is 0 Å². The highest BCUT2D eigenvalue weighted by Crippen LogP contribution is 2.30. The molecule has 174 valence electrons. The molecule has 1 atom stereocenters. The van der Waals surface area contributed by atoms with Gasteiger partial charge in [-0.2, -0.15) is 4.31 Å². The molecule has 5 nitrogen and oxygen atoms in total. The molecule has 32 heavy (non-hydrogen) atoms. The first-order valence-electron chi connectivity index (χ1n) is 11.4. The largest absolute Gasteiger partial charge is 0.340 e. The third kappa shape index (κ3) is 4.91. The lowest BCUT2D eigenvalue weighted by atomic mass is 9.89. The molecule has 1 fully saturated rings. The molecule has 1 amide bonds. The number of amides is 1. The molecule has 0 bridgehead atoms. The van der Waals surface area contributed by atoms with Crippen LogP contribution >= 0.6 is 0 Å². The van der Waals surface area contributed by atoms with E-state index in [1.165, 1.54) is 0 Å². The van der Waals surface area contributed by atoms with Gasteiger partial charge in [0.1, 0.15) is 0 Å². The van der Waals surface area contributed by atoms with Crippen LogP contribution in [0, 0.1) is 33.6 Å². The maximum Gasteiger partial charge on any atom is 0.243 e. The molecule has 0 radical (unpaired) electrons. The molecular weight excluding hydrogens is 420 g/mol. The molecule has 0 aliphatic carbocycles.